The third-order valence-electron chi connectivity index (χ3n) is 4.93. The average Bonchev–Trinajstić information content (AvgIpc) is 2.55. The normalized spacial score (nSPS) is 14.7. The maximum absolute atomic E-state index is 12.8. The second-order valence-corrected chi connectivity index (χ2v) is 14.8. The lowest BCUT2D eigenvalue weighted by atomic mass is 10.0. The van der Waals surface area contributed by atoms with Gasteiger partial charge in [0.15, 0.2) is 8.32 Å². The first kappa shape index (κ1) is 25.5. The van der Waals surface area contributed by atoms with E-state index in [2.05, 4.69) is 44.5 Å². The Labute approximate surface area is 180 Å². The van der Waals surface area contributed by atoms with Gasteiger partial charge in [-0.05, 0) is 56.6 Å². The van der Waals surface area contributed by atoms with Crippen LogP contribution in [0.3, 0.4) is 0 Å². The summed E-state index contributed by atoms with van der Waals surface area (Å²) in [7, 11) is -0.764. The predicted octanol–water partition coefficient (Wildman–Crippen LogP) is 5.04. The van der Waals surface area contributed by atoms with Gasteiger partial charge in [-0.3, -0.25) is 4.79 Å². The standard InChI is InChI=1S/C21H35ClN2O4Si/c1-20(2,3)27-19(26)24-16(18(25)23-7)17(14-10-12-15(22)13-11-14)28-29(8,9)21(4,5)6/h10-13,16-17H,1-9H3,(H,23,25)(H,24,26)/t16-,17+/m0/s1. The van der Waals surface area contributed by atoms with E-state index in [1.54, 1.807) is 32.9 Å². The van der Waals surface area contributed by atoms with Crippen LogP contribution in [0.5, 0.6) is 0 Å². The zero-order valence-electron chi connectivity index (χ0n) is 19.0. The molecule has 2 amide bonds. The van der Waals surface area contributed by atoms with Gasteiger partial charge >= 0.3 is 6.09 Å². The molecule has 0 bridgehead atoms. The number of benzene rings is 1. The van der Waals surface area contributed by atoms with Crippen LogP contribution in [0.15, 0.2) is 24.3 Å². The molecule has 0 aliphatic heterocycles. The lowest BCUT2D eigenvalue weighted by molar-refractivity contribution is -0.125. The molecule has 0 fully saturated rings. The number of rotatable bonds is 6. The molecular weight excluding hydrogens is 408 g/mol. The van der Waals surface area contributed by atoms with E-state index in [0.29, 0.717) is 5.02 Å². The van der Waals surface area contributed by atoms with Crippen molar-refractivity contribution in [1.82, 2.24) is 10.6 Å². The van der Waals surface area contributed by atoms with Crippen molar-refractivity contribution < 1.29 is 18.8 Å². The van der Waals surface area contributed by atoms with Crippen LogP contribution in [0.4, 0.5) is 4.79 Å². The topological polar surface area (TPSA) is 76.7 Å². The van der Waals surface area contributed by atoms with Gasteiger partial charge in [-0.15, -0.1) is 0 Å². The summed E-state index contributed by atoms with van der Waals surface area (Å²) >= 11 is 6.05. The van der Waals surface area contributed by atoms with Crippen LogP contribution in [0.2, 0.25) is 23.2 Å². The summed E-state index contributed by atoms with van der Waals surface area (Å²) in [6, 6.07) is 6.14. The largest absolute Gasteiger partial charge is 0.444 e. The Balaban J connectivity index is 3.37. The molecule has 6 nitrogen and oxygen atoms in total. The molecule has 1 rings (SSSR count). The van der Waals surface area contributed by atoms with Gasteiger partial charge < -0.3 is 19.8 Å². The van der Waals surface area contributed by atoms with E-state index in [1.165, 1.54) is 7.05 Å². The van der Waals surface area contributed by atoms with E-state index in [0.717, 1.165) is 5.56 Å². The second kappa shape index (κ2) is 9.49. The first-order chi connectivity index (χ1) is 13.1. The van der Waals surface area contributed by atoms with Crippen molar-refractivity contribution in [2.24, 2.45) is 0 Å². The molecule has 2 atom stereocenters. The number of likely N-dealkylation sites (N-methyl/N-ethyl adjacent to an activating group) is 1. The molecule has 0 aliphatic carbocycles. The smallest absolute Gasteiger partial charge is 0.408 e. The Morgan fingerprint density at radius 1 is 1.03 bits per heavy atom. The molecule has 0 aromatic heterocycles. The summed E-state index contributed by atoms with van der Waals surface area (Å²) in [6.07, 6.45) is -1.37. The molecule has 0 heterocycles. The monoisotopic (exact) mass is 442 g/mol. The Morgan fingerprint density at radius 3 is 1.97 bits per heavy atom. The lowest BCUT2D eigenvalue weighted by Gasteiger charge is -2.41. The van der Waals surface area contributed by atoms with E-state index < -0.39 is 32.2 Å². The molecule has 164 valence electrons. The summed E-state index contributed by atoms with van der Waals surface area (Å²) in [5, 5.41) is 5.82. The van der Waals surface area contributed by atoms with Gasteiger partial charge in [0.1, 0.15) is 11.6 Å². The first-order valence-corrected chi connectivity index (χ1v) is 13.0. The summed E-state index contributed by atoms with van der Waals surface area (Å²) < 4.78 is 12.0. The van der Waals surface area contributed by atoms with Gasteiger partial charge in [0.25, 0.3) is 0 Å². The van der Waals surface area contributed by atoms with E-state index in [-0.39, 0.29) is 10.9 Å². The fourth-order valence-electron chi connectivity index (χ4n) is 2.34. The Bertz CT molecular complexity index is 709. The van der Waals surface area contributed by atoms with Crippen molar-refractivity contribution in [3.63, 3.8) is 0 Å². The van der Waals surface area contributed by atoms with Crippen molar-refractivity contribution in [3.05, 3.63) is 34.9 Å². The van der Waals surface area contributed by atoms with Crippen molar-refractivity contribution in [2.45, 2.75) is 77.4 Å². The molecule has 0 unspecified atom stereocenters. The molecule has 0 saturated heterocycles. The van der Waals surface area contributed by atoms with Crippen molar-refractivity contribution >= 4 is 31.9 Å². The van der Waals surface area contributed by atoms with Gasteiger partial charge in [-0.25, -0.2) is 4.79 Å². The number of hydrogen-bond acceptors (Lipinski definition) is 4. The quantitative estimate of drug-likeness (QED) is 0.605. The summed E-state index contributed by atoms with van der Waals surface area (Å²) in [5.41, 5.74) is 0.0665. The Hall–Kier alpha value is -1.57. The van der Waals surface area contributed by atoms with E-state index in [1.807, 2.05) is 12.1 Å². The fraction of sp³-hybridized carbons (Fsp3) is 0.619. The number of carbonyl (C=O) groups excluding carboxylic acids is 2. The highest BCUT2D eigenvalue weighted by Crippen LogP contribution is 2.40. The zero-order valence-corrected chi connectivity index (χ0v) is 20.7. The summed E-state index contributed by atoms with van der Waals surface area (Å²) in [5.74, 6) is -0.366. The van der Waals surface area contributed by atoms with E-state index in [9.17, 15) is 9.59 Å². The van der Waals surface area contributed by atoms with Gasteiger partial charge in [0.2, 0.25) is 5.91 Å². The summed E-state index contributed by atoms with van der Waals surface area (Å²) in [6.45, 7) is 15.9. The van der Waals surface area contributed by atoms with E-state index >= 15 is 0 Å². The molecule has 1 aromatic carbocycles. The molecule has 29 heavy (non-hydrogen) atoms. The maximum Gasteiger partial charge on any atom is 0.408 e. The minimum absolute atomic E-state index is 0.0865. The average molecular weight is 443 g/mol. The lowest BCUT2D eigenvalue weighted by Crippen LogP contribution is -2.54. The number of ether oxygens (including phenoxy) is 1. The van der Waals surface area contributed by atoms with Gasteiger partial charge in [-0.2, -0.15) is 0 Å². The van der Waals surface area contributed by atoms with Crippen molar-refractivity contribution in [3.8, 4) is 0 Å². The Kier molecular flexibility index (Phi) is 8.33. The van der Waals surface area contributed by atoms with Crippen LogP contribution in [0.25, 0.3) is 0 Å². The minimum atomic E-state index is -2.29. The van der Waals surface area contributed by atoms with Crippen LogP contribution in [0.1, 0.15) is 53.2 Å². The van der Waals surface area contributed by atoms with Gasteiger partial charge in [0.05, 0.1) is 6.10 Å². The molecule has 0 saturated carbocycles. The predicted molar refractivity (Wildman–Crippen MR) is 120 cm³/mol. The third-order valence-corrected chi connectivity index (χ3v) is 9.64. The molecule has 2 N–H and O–H groups in total. The highest BCUT2D eigenvalue weighted by atomic mass is 35.5. The van der Waals surface area contributed by atoms with Gasteiger partial charge in [-0.1, -0.05) is 44.5 Å². The number of amides is 2. The first-order valence-electron chi connectivity index (χ1n) is 9.72. The van der Waals surface area contributed by atoms with Crippen molar-refractivity contribution in [1.29, 1.82) is 0 Å². The molecule has 0 aliphatic rings. The molecule has 1 aromatic rings. The molecule has 8 heteroatoms. The zero-order chi connectivity index (χ0) is 22.6. The van der Waals surface area contributed by atoms with Gasteiger partial charge in [0, 0.05) is 12.1 Å². The van der Waals surface area contributed by atoms with Crippen LogP contribution in [-0.2, 0) is 14.0 Å². The number of halogens is 1. The minimum Gasteiger partial charge on any atom is -0.444 e. The second-order valence-electron chi connectivity index (χ2n) is 9.59. The van der Waals surface area contributed by atoms with Crippen LogP contribution in [0, 0.1) is 0 Å². The number of nitrogens with one attached hydrogen (secondary N) is 2. The maximum atomic E-state index is 12.8. The molecular formula is C21H35ClN2O4Si. The highest BCUT2D eigenvalue weighted by Gasteiger charge is 2.43. The number of alkyl carbamates (subject to hydrolysis) is 1. The van der Waals surface area contributed by atoms with Crippen molar-refractivity contribution in [2.75, 3.05) is 7.05 Å². The third kappa shape index (κ3) is 7.64. The summed E-state index contributed by atoms with van der Waals surface area (Å²) in [4.78, 5) is 25.2. The number of hydrogen-bond donors (Lipinski definition) is 2. The SMILES string of the molecule is CNC(=O)[C@@H](NC(=O)OC(C)(C)C)[C@H](O[Si](C)(C)C(C)(C)C)c1ccc(Cl)cc1. The molecule has 0 radical (unpaired) electrons. The number of carbonyl (C=O) groups is 2. The Morgan fingerprint density at radius 2 is 1.55 bits per heavy atom. The van der Waals surface area contributed by atoms with Crippen LogP contribution >= 0.6 is 11.6 Å². The van der Waals surface area contributed by atoms with Crippen LogP contribution in [-0.4, -0.2) is 39.0 Å². The fourth-order valence-corrected chi connectivity index (χ4v) is 3.73. The molecule has 0 spiro atoms. The highest BCUT2D eigenvalue weighted by molar-refractivity contribution is 6.74. The van der Waals surface area contributed by atoms with E-state index in [4.69, 9.17) is 20.8 Å². The van der Waals surface area contributed by atoms with Crippen LogP contribution < -0.4 is 10.6 Å².